The third-order valence-corrected chi connectivity index (χ3v) is 2.41. The molecule has 0 aliphatic rings. The SMILES string of the molecule is CC(C)C(CCCl)NC(=O)c1cn[nH]n1. The third kappa shape index (κ3) is 3.51. The van der Waals surface area contributed by atoms with Gasteiger partial charge in [0.05, 0.1) is 6.20 Å². The molecule has 0 aliphatic carbocycles. The summed E-state index contributed by atoms with van der Waals surface area (Å²) in [5.41, 5.74) is 0.301. The van der Waals surface area contributed by atoms with E-state index in [1.165, 1.54) is 6.20 Å². The molecule has 1 amide bonds. The predicted molar refractivity (Wildman–Crippen MR) is 57.8 cm³/mol. The monoisotopic (exact) mass is 230 g/mol. The number of halogens is 1. The number of alkyl halides is 1. The molecule has 84 valence electrons. The van der Waals surface area contributed by atoms with Gasteiger partial charge in [0.15, 0.2) is 5.69 Å². The first-order valence-electron chi connectivity index (χ1n) is 4.87. The highest BCUT2D eigenvalue weighted by molar-refractivity contribution is 6.17. The van der Waals surface area contributed by atoms with Gasteiger partial charge in [-0.2, -0.15) is 15.4 Å². The van der Waals surface area contributed by atoms with Gasteiger partial charge in [0, 0.05) is 11.9 Å². The number of aromatic nitrogens is 3. The zero-order valence-electron chi connectivity index (χ0n) is 8.83. The highest BCUT2D eigenvalue weighted by atomic mass is 35.5. The van der Waals surface area contributed by atoms with Crippen molar-refractivity contribution in [3.8, 4) is 0 Å². The maximum absolute atomic E-state index is 11.6. The Morgan fingerprint density at radius 1 is 1.67 bits per heavy atom. The highest BCUT2D eigenvalue weighted by Gasteiger charge is 2.17. The van der Waals surface area contributed by atoms with Crippen molar-refractivity contribution in [1.29, 1.82) is 0 Å². The van der Waals surface area contributed by atoms with Gasteiger partial charge in [0.1, 0.15) is 0 Å². The minimum absolute atomic E-state index is 0.0756. The van der Waals surface area contributed by atoms with Crippen molar-refractivity contribution < 1.29 is 4.79 Å². The molecule has 15 heavy (non-hydrogen) atoms. The van der Waals surface area contributed by atoms with Crippen LogP contribution in [0.4, 0.5) is 0 Å². The van der Waals surface area contributed by atoms with Crippen LogP contribution in [0.1, 0.15) is 30.8 Å². The summed E-state index contributed by atoms with van der Waals surface area (Å²) in [5.74, 6) is 0.661. The zero-order chi connectivity index (χ0) is 11.3. The number of hydrogen-bond donors (Lipinski definition) is 2. The quantitative estimate of drug-likeness (QED) is 0.747. The number of amides is 1. The van der Waals surface area contributed by atoms with Crippen molar-refractivity contribution in [1.82, 2.24) is 20.7 Å². The Hall–Kier alpha value is -1.10. The van der Waals surface area contributed by atoms with E-state index in [9.17, 15) is 4.79 Å². The van der Waals surface area contributed by atoms with Gasteiger partial charge in [-0.15, -0.1) is 11.6 Å². The van der Waals surface area contributed by atoms with Crippen molar-refractivity contribution in [2.45, 2.75) is 26.3 Å². The molecule has 0 spiro atoms. The molecule has 1 aromatic heterocycles. The summed E-state index contributed by atoms with van der Waals surface area (Å²) in [5, 5.41) is 12.6. The number of carbonyl (C=O) groups is 1. The van der Waals surface area contributed by atoms with Crippen LogP contribution in [0.15, 0.2) is 6.20 Å². The molecule has 1 unspecified atom stereocenters. The lowest BCUT2D eigenvalue weighted by molar-refractivity contribution is 0.0920. The number of nitrogens with zero attached hydrogens (tertiary/aromatic N) is 2. The molecule has 0 saturated heterocycles. The van der Waals surface area contributed by atoms with Crippen molar-refractivity contribution in [3.05, 3.63) is 11.9 Å². The van der Waals surface area contributed by atoms with Gasteiger partial charge < -0.3 is 5.32 Å². The molecule has 1 atom stereocenters. The van der Waals surface area contributed by atoms with E-state index >= 15 is 0 Å². The van der Waals surface area contributed by atoms with Gasteiger partial charge in [0.25, 0.3) is 5.91 Å². The van der Waals surface area contributed by atoms with E-state index in [1.54, 1.807) is 0 Å². The molecule has 0 bridgehead atoms. The molecule has 5 nitrogen and oxygen atoms in total. The molecule has 0 fully saturated rings. The Bertz CT molecular complexity index is 299. The largest absolute Gasteiger partial charge is 0.348 e. The van der Waals surface area contributed by atoms with Crippen molar-refractivity contribution in [2.75, 3.05) is 5.88 Å². The van der Waals surface area contributed by atoms with Crippen molar-refractivity contribution in [2.24, 2.45) is 5.92 Å². The van der Waals surface area contributed by atoms with Gasteiger partial charge in [-0.1, -0.05) is 13.8 Å². The Labute approximate surface area is 93.6 Å². The van der Waals surface area contributed by atoms with Crippen LogP contribution in [0, 0.1) is 5.92 Å². The van der Waals surface area contributed by atoms with E-state index < -0.39 is 0 Å². The average Bonchev–Trinajstić information content (AvgIpc) is 2.69. The lowest BCUT2D eigenvalue weighted by Crippen LogP contribution is -2.39. The fraction of sp³-hybridized carbons (Fsp3) is 0.667. The van der Waals surface area contributed by atoms with E-state index in [0.29, 0.717) is 17.5 Å². The van der Waals surface area contributed by atoms with Gasteiger partial charge in [-0.3, -0.25) is 4.79 Å². The van der Waals surface area contributed by atoms with Gasteiger partial charge in [-0.25, -0.2) is 0 Å². The molecule has 0 radical (unpaired) electrons. The first-order valence-corrected chi connectivity index (χ1v) is 5.41. The molecule has 0 aliphatic heterocycles. The summed E-state index contributed by atoms with van der Waals surface area (Å²) in [4.78, 5) is 11.6. The maximum atomic E-state index is 11.6. The Balaban J connectivity index is 2.55. The lowest BCUT2D eigenvalue weighted by Gasteiger charge is -2.20. The van der Waals surface area contributed by atoms with Crippen molar-refractivity contribution >= 4 is 17.5 Å². The van der Waals surface area contributed by atoms with Crippen LogP contribution in [-0.2, 0) is 0 Å². The van der Waals surface area contributed by atoms with Gasteiger partial charge in [0.2, 0.25) is 0 Å². The Morgan fingerprint density at radius 3 is 2.87 bits per heavy atom. The molecule has 1 aromatic rings. The van der Waals surface area contributed by atoms with E-state index in [2.05, 4.69) is 20.7 Å². The van der Waals surface area contributed by atoms with E-state index in [-0.39, 0.29) is 11.9 Å². The maximum Gasteiger partial charge on any atom is 0.273 e. The highest BCUT2D eigenvalue weighted by Crippen LogP contribution is 2.07. The number of hydrogen-bond acceptors (Lipinski definition) is 3. The molecule has 1 rings (SSSR count). The molecular formula is C9H15ClN4O. The average molecular weight is 231 g/mol. The Morgan fingerprint density at radius 2 is 2.40 bits per heavy atom. The number of rotatable bonds is 5. The van der Waals surface area contributed by atoms with Crippen LogP contribution in [0.25, 0.3) is 0 Å². The van der Waals surface area contributed by atoms with E-state index in [0.717, 1.165) is 6.42 Å². The molecule has 1 heterocycles. The fourth-order valence-corrected chi connectivity index (χ4v) is 1.48. The topological polar surface area (TPSA) is 70.7 Å². The summed E-state index contributed by atoms with van der Waals surface area (Å²) < 4.78 is 0. The summed E-state index contributed by atoms with van der Waals surface area (Å²) in [7, 11) is 0. The van der Waals surface area contributed by atoms with Crippen LogP contribution in [-0.4, -0.2) is 33.2 Å². The number of carbonyl (C=O) groups excluding carboxylic acids is 1. The smallest absolute Gasteiger partial charge is 0.273 e. The van der Waals surface area contributed by atoms with Crippen LogP contribution < -0.4 is 5.32 Å². The second kappa shape index (κ2) is 5.70. The number of aromatic amines is 1. The molecule has 2 N–H and O–H groups in total. The molecular weight excluding hydrogens is 216 g/mol. The summed E-state index contributed by atoms with van der Waals surface area (Å²) >= 11 is 5.66. The summed E-state index contributed by atoms with van der Waals surface area (Å²) in [6.07, 6.45) is 2.15. The van der Waals surface area contributed by atoms with Crippen LogP contribution in [0.2, 0.25) is 0 Å². The number of nitrogens with one attached hydrogen (secondary N) is 2. The zero-order valence-corrected chi connectivity index (χ0v) is 9.58. The second-order valence-electron chi connectivity index (χ2n) is 3.66. The van der Waals surface area contributed by atoms with Gasteiger partial charge in [-0.05, 0) is 12.3 Å². The first-order chi connectivity index (χ1) is 7.15. The summed E-state index contributed by atoms with van der Waals surface area (Å²) in [6.45, 7) is 4.08. The molecule has 0 saturated carbocycles. The van der Waals surface area contributed by atoms with Crippen LogP contribution in [0.5, 0.6) is 0 Å². The van der Waals surface area contributed by atoms with Crippen LogP contribution in [0.3, 0.4) is 0 Å². The summed E-state index contributed by atoms with van der Waals surface area (Å²) in [6, 6.07) is 0.0756. The molecule has 0 aromatic carbocycles. The normalized spacial score (nSPS) is 12.8. The van der Waals surface area contributed by atoms with Crippen molar-refractivity contribution in [3.63, 3.8) is 0 Å². The molecule has 6 heteroatoms. The fourth-order valence-electron chi connectivity index (χ4n) is 1.24. The first kappa shape index (κ1) is 12.0. The van der Waals surface area contributed by atoms with E-state index in [4.69, 9.17) is 11.6 Å². The minimum Gasteiger partial charge on any atom is -0.348 e. The number of H-pyrrole nitrogens is 1. The van der Waals surface area contributed by atoms with Crippen LogP contribution >= 0.6 is 11.6 Å². The predicted octanol–water partition coefficient (Wildman–Crippen LogP) is 1.19. The lowest BCUT2D eigenvalue weighted by atomic mass is 10.0. The van der Waals surface area contributed by atoms with Gasteiger partial charge >= 0.3 is 0 Å². The second-order valence-corrected chi connectivity index (χ2v) is 4.03. The minimum atomic E-state index is -0.215. The third-order valence-electron chi connectivity index (χ3n) is 2.19. The standard InChI is InChI=1S/C9H15ClN4O/c1-6(2)7(3-4-10)12-9(15)8-5-11-14-13-8/h5-7H,3-4H2,1-2H3,(H,12,15)(H,11,13,14). The Kier molecular flexibility index (Phi) is 4.55. The van der Waals surface area contributed by atoms with E-state index in [1.807, 2.05) is 13.8 Å².